The minimum absolute atomic E-state index is 0.116. The smallest absolute Gasteiger partial charge is 0.229 e. The Morgan fingerprint density at radius 2 is 2.10 bits per heavy atom. The van der Waals surface area contributed by atoms with Crippen molar-refractivity contribution in [3.63, 3.8) is 0 Å². The topological polar surface area (TPSA) is 68.4 Å². The van der Waals surface area contributed by atoms with E-state index in [1.807, 2.05) is 18.2 Å². The van der Waals surface area contributed by atoms with Crippen molar-refractivity contribution in [2.75, 3.05) is 13.7 Å². The van der Waals surface area contributed by atoms with E-state index >= 15 is 0 Å². The SMILES string of the molecule is COCC(O)Cc1nc(C2(c3ccccc3)CCC2)no1. The summed E-state index contributed by atoms with van der Waals surface area (Å²) in [5.74, 6) is 1.20. The Hall–Kier alpha value is -1.72. The maximum absolute atomic E-state index is 9.75. The third-order valence-electron chi connectivity index (χ3n) is 4.20. The van der Waals surface area contributed by atoms with Gasteiger partial charge in [0.25, 0.3) is 0 Å². The van der Waals surface area contributed by atoms with Crippen LogP contribution in [0.2, 0.25) is 0 Å². The van der Waals surface area contributed by atoms with Crippen molar-refractivity contribution in [1.82, 2.24) is 10.1 Å². The second-order valence-corrected chi connectivity index (χ2v) is 5.63. The molecule has 1 aliphatic rings. The number of nitrogens with zero attached hydrogens (tertiary/aromatic N) is 2. The molecule has 1 fully saturated rings. The largest absolute Gasteiger partial charge is 0.390 e. The summed E-state index contributed by atoms with van der Waals surface area (Å²) in [7, 11) is 1.56. The molecule has 0 bridgehead atoms. The van der Waals surface area contributed by atoms with Gasteiger partial charge in [-0.1, -0.05) is 41.9 Å². The van der Waals surface area contributed by atoms with Gasteiger partial charge >= 0.3 is 0 Å². The fourth-order valence-electron chi connectivity index (χ4n) is 2.91. The number of hydrogen-bond donors (Lipinski definition) is 1. The van der Waals surface area contributed by atoms with Crippen LogP contribution in [0, 0.1) is 0 Å². The zero-order valence-corrected chi connectivity index (χ0v) is 12.2. The standard InChI is InChI=1S/C16H20N2O3/c1-20-11-13(19)10-14-17-15(18-21-14)16(8-5-9-16)12-6-3-2-4-7-12/h2-4,6-7,13,19H,5,8-11H2,1H3. The molecule has 0 radical (unpaired) electrons. The van der Waals surface area contributed by atoms with Gasteiger partial charge in [-0.2, -0.15) is 4.98 Å². The molecule has 5 nitrogen and oxygen atoms in total. The lowest BCUT2D eigenvalue weighted by molar-refractivity contribution is 0.0599. The van der Waals surface area contributed by atoms with E-state index < -0.39 is 6.10 Å². The van der Waals surface area contributed by atoms with Gasteiger partial charge in [-0.25, -0.2) is 0 Å². The Balaban J connectivity index is 1.81. The van der Waals surface area contributed by atoms with Crippen molar-refractivity contribution in [2.24, 2.45) is 0 Å². The van der Waals surface area contributed by atoms with Crippen LogP contribution < -0.4 is 0 Å². The van der Waals surface area contributed by atoms with Crippen LogP contribution in [0.15, 0.2) is 34.9 Å². The highest BCUT2D eigenvalue weighted by Crippen LogP contribution is 2.47. The van der Waals surface area contributed by atoms with Gasteiger partial charge in [-0.15, -0.1) is 0 Å². The van der Waals surface area contributed by atoms with Crippen molar-refractivity contribution < 1.29 is 14.4 Å². The van der Waals surface area contributed by atoms with Crippen LogP contribution in [-0.2, 0) is 16.6 Å². The van der Waals surface area contributed by atoms with Crippen molar-refractivity contribution in [3.05, 3.63) is 47.6 Å². The number of aliphatic hydroxyl groups is 1. The molecule has 1 aromatic heterocycles. The molecule has 21 heavy (non-hydrogen) atoms. The van der Waals surface area contributed by atoms with E-state index in [2.05, 4.69) is 22.3 Å². The summed E-state index contributed by atoms with van der Waals surface area (Å²) in [6, 6.07) is 10.3. The number of aromatic nitrogens is 2. The van der Waals surface area contributed by atoms with Gasteiger partial charge in [0.2, 0.25) is 5.89 Å². The molecular formula is C16H20N2O3. The summed E-state index contributed by atoms with van der Waals surface area (Å²) >= 11 is 0. The van der Waals surface area contributed by atoms with E-state index in [0.717, 1.165) is 18.7 Å². The molecule has 2 aromatic rings. The van der Waals surface area contributed by atoms with Gasteiger partial charge in [-0.3, -0.25) is 0 Å². The normalized spacial score (nSPS) is 18.2. The average Bonchev–Trinajstić information content (AvgIpc) is 2.87. The van der Waals surface area contributed by atoms with Gasteiger partial charge in [0, 0.05) is 7.11 Å². The first-order chi connectivity index (χ1) is 10.2. The summed E-state index contributed by atoms with van der Waals surface area (Å²) in [5.41, 5.74) is 1.12. The number of rotatable bonds is 6. The predicted molar refractivity (Wildman–Crippen MR) is 77.0 cm³/mol. The second-order valence-electron chi connectivity index (χ2n) is 5.63. The molecule has 1 unspecified atom stereocenters. The van der Waals surface area contributed by atoms with Crippen LogP contribution in [0.4, 0.5) is 0 Å². The Bertz CT molecular complexity index is 578. The minimum Gasteiger partial charge on any atom is -0.390 e. The van der Waals surface area contributed by atoms with Crippen LogP contribution in [-0.4, -0.2) is 35.1 Å². The zero-order chi connectivity index (χ0) is 14.7. The maximum atomic E-state index is 9.75. The number of hydrogen-bond acceptors (Lipinski definition) is 5. The summed E-state index contributed by atoms with van der Waals surface area (Å²) in [6.45, 7) is 0.265. The third kappa shape index (κ3) is 2.71. The van der Waals surface area contributed by atoms with Gasteiger partial charge in [0.15, 0.2) is 5.82 Å². The molecule has 0 amide bonds. The molecule has 5 heteroatoms. The molecule has 1 heterocycles. The molecule has 1 atom stereocenters. The van der Waals surface area contributed by atoms with Crippen molar-refractivity contribution >= 4 is 0 Å². The lowest BCUT2D eigenvalue weighted by Gasteiger charge is -2.39. The minimum atomic E-state index is -0.614. The molecule has 0 aliphatic heterocycles. The first kappa shape index (κ1) is 14.2. The van der Waals surface area contributed by atoms with Crippen LogP contribution in [0.3, 0.4) is 0 Å². The van der Waals surface area contributed by atoms with Crippen LogP contribution >= 0.6 is 0 Å². The highest BCUT2D eigenvalue weighted by molar-refractivity contribution is 5.35. The lowest BCUT2D eigenvalue weighted by Crippen LogP contribution is -2.36. The fraction of sp³-hybridized carbons (Fsp3) is 0.500. The van der Waals surface area contributed by atoms with E-state index in [9.17, 15) is 5.11 Å². The van der Waals surface area contributed by atoms with Crippen LogP contribution in [0.25, 0.3) is 0 Å². The molecular weight excluding hydrogens is 268 g/mol. The third-order valence-corrected chi connectivity index (χ3v) is 4.20. The number of ether oxygens (including phenoxy) is 1. The molecule has 1 aromatic carbocycles. The number of methoxy groups -OCH3 is 1. The first-order valence-electron chi connectivity index (χ1n) is 7.30. The lowest BCUT2D eigenvalue weighted by atomic mass is 9.64. The summed E-state index contributed by atoms with van der Waals surface area (Å²) in [5, 5.41) is 13.9. The Labute approximate surface area is 123 Å². The summed E-state index contributed by atoms with van der Waals surface area (Å²) in [4.78, 5) is 4.51. The summed E-state index contributed by atoms with van der Waals surface area (Å²) < 4.78 is 10.2. The number of benzene rings is 1. The highest BCUT2D eigenvalue weighted by atomic mass is 16.5. The predicted octanol–water partition coefficient (Wildman–Crippen LogP) is 2.09. The van der Waals surface area contributed by atoms with Crippen molar-refractivity contribution in [3.8, 4) is 0 Å². The Morgan fingerprint density at radius 1 is 1.33 bits per heavy atom. The van der Waals surface area contributed by atoms with Crippen molar-refractivity contribution in [2.45, 2.75) is 37.2 Å². The van der Waals surface area contributed by atoms with E-state index in [4.69, 9.17) is 9.26 Å². The second kappa shape index (κ2) is 5.95. The molecule has 1 aliphatic carbocycles. The van der Waals surface area contributed by atoms with Crippen molar-refractivity contribution in [1.29, 1.82) is 0 Å². The fourth-order valence-corrected chi connectivity index (χ4v) is 2.91. The van der Waals surface area contributed by atoms with Gasteiger partial charge in [0.1, 0.15) is 0 Å². The first-order valence-corrected chi connectivity index (χ1v) is 7.30. The van der Waals surface area contributed by atoms with Crippen LogP contribution in [0.5, 0.6) is 0 Å². The highest BCUT2D eigenvalue weighted by Gasteiger charge is 2.44. The van der Waals surface area contributed by atoms with Gasteiger partial charge in [0.05, 0.1) is 24.5 Å². The molecule has 3 rings (SSSR count). The number of aliphatic hydroxyl groups excluding tert-OH is 1. The molecule has 0 saturated heterocycles. The van der Waals surface area contributed by atoms with Gasteiger partial charge < -0.3 is 14.4 Å². The summed E-state index contributed by atoms with van der Waals surface area (Å²) in [6.07, 6.45) is 2.96. The van der Waals surface area contributed by atoms with Crippen LogP contribution in [0.1, 0.15) is 36.5 Å². The Morgan fingerprint density at radius 3 is 2.71 bits per heavy atom. The van der Waals surface area contributed by atoms with E-state index in [-0.39, 0.29) is 12.0 Å². The molecule has 0 spiro atoms. The van der Waals surface area contributed by atoms with E-state index in [0.29, 0.717) is 12.3 Å². The average molecular weight is 288 g/mol. The van der Waals surface area contributed by atoms with E-state index in [1.54, 1.807) is 7.11 Å². The quantitative estimate of drug-likeness (QED) is 0.881. The Kier molecular flexibility index (Phi) is 4.03. The maximum Gasteiger partial charge on any atom is 0.229 e. The molecule has 112 valence electrons. The van der Waals surface area contributed by atoms with E-state index in [1.165, 1.54) is 12.0 Å². The van der Waals surface area contributed by atoms with Gasteiger partial charge in [-0.05, 0) is 18.4 Å². The molecule has 1 saturated carbocycles. The monoisotopic (exact) mass is 288 g/mol. The zero-order valence-electron chi connectivity index (χ0n) is 12.2. The molecule has 1 N–H and O–H groups in total.